The lowest BCUT2D eigenvalue weighted by molar-refractivity contribution is -0.998. The molecule has 0 unspecified atom stereocenters. The molecule has 2 heterocycles. The van der Waals surface area contributed by atoms with Crippen LogP contribution in [-0.4, -0.2) is 53.4 Å². The van der Waals surface area contributed by atoms with E-state index >= 15 is 0 Å². The van der Waals surface area contributed by atoms with Crippen molar-refractivity contribution in [3.05, 3.63) is 40.6 Å². The van der Waals surface area contributed by atoms with Gasteiger partial charge in [0.05, 0.1) is 31.7 Å². The van der Waals surface area contributed by atoms with Crippen molar-refractivity contribution >= 4 is 0 Å². The number of hydroxylamine groups is 2. The first-order chi connectivity index (χ1) is 12.2. The normalized spacial score (nSPS) is 26.6. The maximum atomic E-state index is 13.0. The van der Waals surface area contributed by atoms with Crippen LogP contribution >= 0.6 is 0 Å². The maximum Gasteiger partial charge on any atom is 0.416 e. The molecule has 1 aromatic carbocycles. The van der Waals surface area contributed by atoms with E-state index in [1.54, 1.807) is 12.1 Å². The van der Waals surface area contributed by atoms with Gasteiger partial charge < -0.3 is 5.21 Å². The van der Waals surface area contributed by atoms with Crippen LogP contribution in [0.4, 0.5) is 13.2 Å². The second-order valence-electron chi connectivity index (χ2n) is 7.65. The number of benzene rings is 1. The van der Waals surface area contributed by atoms with Gasteiger partial charge >= 0.3 is 6.18 Å². The smallest absolute Gasteiger partial charge is 0.416 e. The highest BCUT2D eigenvalue weighted by atomic mass is 19.4. The SMILES string of the molecule is C[C@H]1CN([N+]2([O-])CCCCC2)CCN1[C@@H](C)c1ccc(C(F)(F)F)cc1. The maximum absolute atomic E-state index is 13.0. The molecule has 0 aliphatic carbocycles. The highest BCUT2D eigenvalue weighted by molar-refractivity contribution is 5.26. The summed E-state index contributed by atoms with van der Waals surface area (Å²) in [4.78, 5) is 2.29. The minimum atomic E-state index is -4.30. The molecule has 2 aliphatic heterocycles. The number of halogens is 3. The van der Waals surface area contributed by atoms with Crippen LogP contribution in [0.1, 0.15) is 50.3 Å². The summed E-state index contributed by atoms with van der Waals surface area (Å²) >= 11 is 0. The van der Waals surface area contributed by atoms with E-state index in [0.29, 0.717) is 26.2 Å². The fourth-order valence-electron chi connectivity index (χ4n) is 4.29. The van der Waals surface area contributed by atoms with Gasteiger partial charge in [0, 0.05) is 18.6 Å². The van der Waals surface area contributed by atoms with Crippen LogP contribution in [0.3, 0.4) is 0 Å². The van der Waals surface area contributed by atoms with Gasteiger partial charge in [-0.3, -0.25) is 9.66 Å². The zero-order valence-electron chi connectivity index (χ0n) is 15.5. The summed E-state index contributed by atoms with van der Waals surface area (Å²) < 4.78 is 38.0. The van der Waals surface area contributed by atoms with Crippen molar-refractivity contribution in [2.24, 2.45) is 0 Å². The summed E-state index contributed by atoms with van der Waals surface area (Å²) in [7, 11) is 0. The van der Waals surface area contributed by atoms with Crippen LogP contribution in [-0.2, 0) is 6.18 Å². The Hall–Kier alpha value is -1.15. The van der Waals surface area contributed by atoms with Gasteiger partial charge in [-0.25, -0.2) is 0 Å². The van der Waals surface area contributed by atoms with E-state index in [1.807, 2.05) is 11.9 Å². The van der Waals surface area contributed by atoms with Crippen molar-refractivity contribution in [3.63, 3.8) is 0 Å². The number of quaternary nitrogens is 1. The summed E-state index contributed by atoms with van der Waals surface area (Å²) in [5.74, 6) is 0. The fraction of sp³-hybridized carbons (Fsp3) is 0.684. The number of piperazine rings is 1. The Balaban J connectivity index is 1.65. The summed E-state index contributed by atoms with van der Waals surface area (Å²) in [6, 6.07) is 5.65. The molecule has 7 heteroatoms. The van der Waals surface area contributed by atoms with Crippen molar-refractivity contribution in [2.75, 3.05) is 32.7 Å². The lowest BCUT2D eigenvalue weighted by Crippen LogP contribution is -2.65. The summed E-state index contributed by atoms with van der Waals surface area (Å²) in [5, 5.41) is 15.1. The molecule has 0 amide bonds. The molecule has 2 fully saturated rings. The molecule has 26 heavy (non-hydrogen) atoms. The van der Waals surface area contributed by atoms with Gasteiger partial charge in [0.15, 0.2) is 0 Å². The average molecular weight is 371 g/mol. The molecule has 0 spiro atoms. The molecule has 2 atom stereocenters. The molecule has 1 aromatic rings. The van der Waals surface area contributed by atoms with Crippen molar-refractivity contribution in [1.82, 2.24) is 9.91 Å². The third-order valence-corrected chi connectivity index (χ3v) is 5.91. The van der Waals surface area contributed by atoms with Crippen molar-refractivity contribution in [2.45, 2.75) is 51.4 Å². The minimum absolute atomic E-state index is 0.0240. The topological polar surface area (TPSA) is 29.5 Å². The molecule has 2 aliphatic rings. The number of rotatable bonds is 3. The van der Waals surface area contributed by atoms with E-state index in [2.05, 4.69) is 11.8 Å². The summed E-state index contributed by atoms with van der Waals surface area (Å²) in [5.41, 5.74) is 0.261. The summed E-state index contributed by atoms with van der Waals surface area (Å²) in [6.07, 6.45) is -1.19. The molecular formula is C19H28F3N3O. The summed E-state index contributed by atoms with van der Waals surface area (Å²) in [6.45, 7) is 7.63. The minimum Gasteiger partial charge on any atom is -0.611 e. The van der Waals surface area contributed by atoms with Gasteiger partial charge in [-0.05, 0) is 50.8 Å². The van der Waals surface area contributed by atoms with Crippen LogP contribution in [0.2, 0.25) is 0 Å². The Labute approximate surface area is 153 Å². The average Bonchev–Trinajstić information content (AvgIpc) is 2.61. The molecule has 4 nitrogen and oxygen atoms in total. The lowest BCUT2D eigenvalue weighted by Gasteiger charge is -2.55. The molecule has 3 rings (SSSR count). The van der Waals surface area contributed by atoms with Gasteiger partial charge in [0.25, 0.3) is 0 Å². The Morgan fingerprint density at radius 3 is 2.23 bits per heavy atom. The Bertz CT molecular complexity index is 599. The van der Waals surface area contributed by atoms with E-state index in [0.717, 1.165) is 43.5 Å². The number of hydrogen-bond donors (Lipinski definition) is 0. The lowest BCUT2D eigenvalue weighted by atomic mass is 10.0. The monoisotopic (exact) mass is 371 g/mol. The van der Waals surface area contributed by atoms with Gasteiger partial charge in [0.1, 0.15) is 0 Å². The third-order valence-electron chi connectivity index (χ3n) is 5.91. The van der Waals surface area contributed by atoms with Crippen molar-refractivity contribution in [3.8, 4) is 0 Å². The van der Waals surface area contributed by atoms with Gasteiger partial charge in [-0.2, -0.15) is 18.2 Å². The molecule has 0 bridgehead atoms. The standard InChI is InChI=1S/C19H28F3N3O/c1-15-14-23(25(26)12-4-3-5-13-25)10-11-24(15)16(2)17-6-8-18(9-7-17)19(20,21)22/h6-9,15-16H,3-5,10-14H2,1-2H3/t15-,16-/m0/s1. The number of hydrogen-bond acceptors (Lipinski definition) is 3. The third kappa shape index (κ3) is 4.06. The number of piperidine rings is 1. The fourth-order valence-corrected chi connectivity index (χ4v) is 4.29. The second kappa shape index (κ2) is 7.46. The zero-order chi connectivity index (χ0) is 18.9. The van der Waals surface area contributed by atoms with E-state index in [1.165, 1.54) is 0 Å². The largest absolute Gasteiger partial charge is 0.611 e. The molecule has 0 radical (unpaired) electrons. The molecule has 0 aromatic heterocycles. The zero-order valence-corrected chi connectivity index (χ0v) is 15.5. The van der Waals surface area contributed by atoms with Crippen LogP contribution in [0.15, 0.2) is 24.3 Å². The Morgan fingerprint density at radius 1 is 1.08 bits per heavy atom. The van der Waals surface area contributed by atoms with E-state index < -0.39 is 11.7 Å². The molecule has 0 N–H and O–H groups in total. The quantitative estimate of drug-likeness (QED) is 0.590. The first-order valence-corrected chi connectivity index (χ1v) is 9.47. The van der Waals surface area contributed by atoms with Gasteiger partial charge in [0.2, 0.25) is 0 Å². The van der Waals surface area contributed by atoms with E-state index in [9.17, 15) is 18.4 Å². The van der Waals surface area contributed by atoms with Crippen LogP contribution in [0, 0.1) is 5.21 Å². The van der Waals surface area contributed by atoms with Crippen LogP contribution in [0.5, 0.6) is 0 Å². The molecule has 2 saturated heterocycles. The van der Waals surface area contributed by atoms with Crippen molar-refractivity contribution < 1.29 is 17.9 Å². The predicted octanol–water partition coefficient (Wildman–Crippen LogP) is 4.19. The van der Waals surface area contributed by atoms with Gasteiger partial charge in [-0.15, -0.1) is 0 Å². The Kier molecular flexibility index (Phi) is 5.63. The number of nitrogens with zero attached hydrogens (tertiary/aromatic N) is 3. The molecule has 146 valence electrons. The second-order valence-corrected chi connectivity index (χ2v) is 7.65. The van der Waals surface area contributed by atoms with Gasteiger partial charge in [-0.1, -0.05) is 12.1 Å². The first kappa shape index (κ1) is 19.6. The highest BCUT2D eigenvalue weighted by Gasteiger charge is 2.37. The number of alkyl halides is 3. The molecular weight excluding hydrogens is 343 g/mol. The molecule has 0 saturated carbocycles. The van der Waals surface area contributed by atoms with Crippen LogP contribution < -0.4 is 0 Å². The van der Waals surface area contributed by atoms with Crippen LogP contribution in [0.25, 0.3) is 0 Å². The van der Waals surface area contributed by atoms with E-state index in [4.69, 9.17) is 0 Å². The predicted molar refractivity (Wildman–Crippen MR) is 94.8 cm³/mol. The van der Waals surface area contributed by atoms with E-state index in [-0.39, 0.29) is 16.8 Å². The van der Waals surface area contributed by atoms with Crippen molar-refractivity contribution in [1.29, 1.82) is 0 Å². The Morgan fingerprint density at radius 2 is 1.69 bits per heavy atom. The first-order valence-electron chi connectivity index (χ1n) is 9.47. The highest BCUT2D eigenvalue weighted by Crippen LogP contribution is 2.32.